The van der Waals surface area contributed by atoms with E-state index < -0.39 is 6.04 Å². The van der Waals surface area contributed by atoms with Crippen LogP contribution < -0.4 is 11.2 Å². The molecule has 1 amide bonds. The molecule has 0 aliphatic carbocycles. The molecule has 2 aromatic heterocycles. The summed E-state index contributed by atoms with van der Waals surface area (Å²) < 4.78 is 6.53. The van der Waals surface area contributed by atoms with Crippen LogP contribution in [0.25, 0.3) is 21.9 Å². The Hall–Kier alpha value is -4.67. The standard InChI is InChI=1S/C33H32N4O3/c1-21(2)30(37(16-8-15-34)33(39)28-19-24-11-6-7-12-27(24)36-28)32-26(17-22-9-4-3-5-10-22)31(38)25-14-13-23(20-35)18-29(25)40-32/h3-7,9-14,18-19,21,30,36H,8,15-17,34H2,1-2H3. The predicted octanol–water partition coefficient (Wildman–Crippen LogP) is 5.93. The van der Waals surface area contributed by atoms with Crippen LogP contribution >= 0.6 is 0 Å². The lowest BCUT2D eigenvalue weighted by atomic mass is 9.92. The van der Waals surface area contributed by atoms with Gasteiger partial charge < -0.3 is 20.0 Å². The van der Waals surface area contributed by atoms with Crippen molar-refractivity contribution in [3.8, 4) is 6.07 Å². The molecular weight excluding hydrogens is 500 g/mol. The zero-order chi connectivity index (χ0) is 28.2. The lowest BCUT2D eigenvalue weighted by molar-refractivity contribution is 0.0582. The highest BCUT2D eigenvalue weighted by atomic mass is 16.3. The number of hydrogen-bond donors (Lipinski definition) is 2. The van der Waals surface area contributed by atoms with Gasteiger partial charge >= 0.3 is 0 Å². The zero-order valence-electron chi connectivity index (χ0n) is 22.7. The van der Waals surface area contributed by atoms with E-state index in [1.807, 2.05) is 74.5 Å². The highest BCUT2D eigenvalue weighted by Crippen LogP contribution is 2.35. The quantitative estimate of drug-likeness (QED) is 0.244. The van der Waals surface area contributed by atoms with Crippen LogP contribution in [0.1, 0.15) is 59.2 Å². The Balaban J connectivity index is 1.71. The second-order valence-electron chi connectivity index (χ2n) is 10.4. The molecule has 0 aliphatic heterocycles. The van der Waals surface area contributed by atoms with Gasteiger partial charge in [0.25, 0.3) is 5.91 Å². The van der Waals surface area contributed by atoms with Crippen molar-refractivity contribution in [2.45, 2.75) is 32.7 Å². The van der Waals surface area contributed by atoms with Crippen molar-refractivity contribution in [3.05, 3.63) is 117 Å². The number of fused-ring (bicyclic) bond motifs is 2. The number of aromatic nitrogens is 1. The monoisotopic (exact) mass is 532 g/mol. The number of nitrogens with zero attached hydrogens (tertiary/aromatic N) is 2. The van der Waals surface area contributed by atoms with Crippen molar-refractivity contribution >= 4 is 27.8 Å². The minimum absolute atomic E-state index is 0.0969. The fourth-order valence-electron chi connectivity index (χ4n) is 5.30. The molecule has 1 atom stereocenters. The third kappa shape index (κ3) is 5.27. The lowest BCUT2D eigenvalue weighted by Crippen LogP contribution is -2.40. The van der Waals surface area contributed by atoms with Crippen LogP contribution in [0.4, 0.5) is 0 Å². The number of benzene rings is 3. The number of H-pyrrole nitrogens is 1. The third-order valence-corrected chi connectivity index (χ3v) is 7.23. The average Bonchev–Trinajstić information content (AvgIpc) is 3.41. The van der Waals surface area contributed by atoms with E-state index in [1.165, 1.54) is 0 Å². The van der Waals surface area contributed by atoms with Gasteiger partial charge in [0, 0.05) is 29.4 Å². The molecule has 0 bridgehead atoms. The number of carbonyl (C=O) groups excluding carboxylic acids is 1. The second kappa shape index (κ2) is 11.6. The van der Waals surface area contributed by atoms with Gasteiger partial charge in [-0.25, -0.2) is 0 Å². The maximum absolute atomic E-state index is 14.1. The van der Waals surface area contributed by atoms with Crippen LogP contribution in [0, 0.1) is 17.2 Å². The Morgan fingerprint density at radius 2 is 1.80 bits per heavy atom. The summed E-state index contributed by atoms with van der Waals surface area (Å²) in [6.07, 6.45) is 0.933. The number of rotatable bonds is 9. The summed E-state index contributed by atoms with van der Waals surface area (Å²) in [5.41, 5.74) is 9.27. The number of nitrogens with one attached hydrogen (secondary N) is 1. The van der Waals surface area contributed by atoms with Gasteiger partial charge in [-0.2, -0.15) is 5.26 Å². The Bertz CT molecular complexity index is 1730. The molecule has 5 rings (SSSR count). The predicted molar refractivity (Wildman–Crippen MR) is 157 cm³/mol. The highest BCUT2D eigenvalue weighted by Gasteiger charge is 2.34. The molecule has 7 nitrogen and oxygen atoms in total. The molecule has 3 N–H and O–H groups in total. The van der Waals surface area contributed by atoms with Crippen LogP contribution in [0.3, 0.4) is 0 Å². The molecule has 202 valence electrons. The number of nitriles is 1. The van der Waals surface area contributed by atoms with E-state index in [-0.39, 0.29) is 17.3 Å². The lowest BCUT2D eigenvalue weighted by Gasteiger charge is -2.34. The molecule has 0 aliphatic rings. The summed E-state index contributed by atoms with van der Waals surface area (Å²) in [6, 6.07) is 25.8. The first-order chi connectivity index (χ1) is 19.4. The van der Waals surface area contributed by atoms with Crippen LogP contribution in [-0.4, -0.2) is 28.9 Å². The first kappa shape index (κ1) is 26.9. The molecule has 0 saturated heterocycles. The first-order valence-corrected chi connectivity index (χ1v) is 13.5. The van der Waals surface area contributed by atoms with Crippen molar-refractivity contribution in [1.29, 1.82) is 5.26 Å². The second-order valence-corrected chi connectivity index (χ2v) is 10.4. The van der Waals surface area contributed by atoms with Crippen molar-refractivity contribution in [2.24, 2.45) is 11.7 Å². The smallest absolute Gasteiger partial charge is 0.270 e. The van der Waals surface area contributed by atoms with Crippen molar-refractivity contribution in [3.63, 3.8) is 0 Å². The van der Waals surface area contributed by atoms with Crippen LogP contribution in [-0.2, 0) is 6.42 Å². The van der Waals surface area contributed by atoms with Crippen LogP contribution in [0.2, 0.25) is 0 Å². The fourth-order valence-corrected chi connectivity index (χ4v) is 5.30. The number of amides is 1. The number of aromatic amines is 1. The molecule has 40 heavy (non-hydrogen) atoms. The summed E-state index contributed by atoms with van der Waals surface area (Å²) in [6.45, 7) is 4.82. The van der Waals surface area contributed by atoms with Gasteiger partial charge in [0.15, 0.2) is 5.43 Å². The van der Waals surface area contributed by atoms with E-state index in [0.717, 1.165) is 16.5 Å². The van der Waals surface area contributed by atoms with E-state index in [4.69, 9.17) is 10.2 Å². The van der Waals surface area contributed by atoms with Gasteiger partial charge in [0.1, 0.15) is 17.0 Å². The Labute approximate surface area is 232 Å². The molecule has 0 saturated carbocycles. The number of carbonyl (C=O) groups is 1. The minimum atomic E-state index is -0.549. The number of para-hydroxylation sites is 1. The summed E-state index contributed by atoms with van der Waals surface area (Å²) >= 11 is 0. The highest BCUT2D eigenvalue weighted by molar-refractivity contribution is 5.98. The van der Waals surface area contributed by atoms with E-state index >= 15 is 0 Å². The summed E-state index contributed by atoms with van der Waals surface area (Å²) in [5.74, 6) is 0.149. The minimum Gasteiger partial charge on any atom is -0.458 e. The molecule has 2 heterocycles. The van der Waals surface area contributed by atoms with Crippen molar-refractivity contribution in [2.75, 3.05) is 13.1 Å². The summed E-state index contributed by atoms with van der Waals surface area (Å²) in [4.78, 5) is 33.2. The van der Waals surface area contributed by atoms with E-state index in [9.17, 15) is 14.9 Å². The Morgan fingerprint density at radius 1 is 1.05 bits per heavy atom. The molecule has 1 unspecified atom stereocenters. The fraction of sp³-hybridized carbons (Fsp3) is 0.242. The molecule has 7 heteroatoms. The van der Waals surface area contributed by atoms with Gasteiger partial charge in [-0.3, -0.25) is 9.59 Å². The van der Waals surface area contributed by atoms with E-state index in [2.05, 4.69) is 11.1 Å². The third-order valence-electron chi connectivity index (χ3n) is 7.23. The topological polar surface area (TPSA) is 116 Å². The SMILES string of the molecule is CC(C)C(c1oc2cc(C#N)ccc2c(=O)c1Cc1ccccc1)N(CCCN)C(=O)c1cc2ccccc2[nH]1. The maximum atomic E-state index is 14.1. The van der Waals surface area contributed by atoms with Crippen LogP contribution in [0.5, 0.6) is 0 Å². The van der Waals surface area contributed by atoms with Gasteiger partial charge in [0.2, 0.25) is 0 Å². The maximum Gasteiger partial charge on any atom is 0.270 e. The molecule has 3 aromatic carbocycles. The molecule has 0 spiro atoms. The molecule has 0 fully saturated rings. The normalized spacial score (nSPS) is 12.1. The van der Waals surface area contributed by atoms with Gasteiger partial charge in [-0.05, 0) is 54.8 Å². The van der Waals surface area contributed by atoms with Crippen LogP contribution in [0.15, 0.2) is 88.1 Å². The first-order valence-electron chi connectivity index (χ1n) is 13.5. The van der Waals surface area contributed by atoms with Gasteiger partial charge in [0.05, 0.1) is 23.1 Å². The summed E-state index contributed by atoms with van der Waals surface area (Å²) in [7, 11) is 0. The number of nitrogens with two attached hydrogens (primary N) is 1. The van der Waals surface area contributed by atoms with E-state index in [1.54, 1.807) is 23.1 Å². The van der Waals surface area contributed by atoms with E-state index in [0.29, 0.717) is 59.5 Å². The Morgan fingerprint density at radius 3 is 2.50 bits per heavy atom. The molecule has 5 aromatic rings. The van der Waals surface area contributed by atoms with Crippen molar-refractivity contribution < 1.29 is 9.21 Å². The number of hydrogen-bond acceptors (Lipinski definition) is 5. The van der Waals surface area contributed by atoms with Crippen molar-refractivity contribution in [1.82, 2.24) is 9.88 Å². The largest absolute Gasteiger partial charge is 0.458 e. The average molecular weight is 533 g/mol. The molecule has 0 radical (unpaired) electrons. The zero-order valence-corrected chi connectivity index (χ0v) is 22.7. The van der Waals surface area contributed by atoms with Gasteiger partial charge in [-0.1, -0.05) is 62.4 Å². The van der Waals surface area contributed by atoms with Gasteiger partial charge in [-0.15, -0.1) is 0 Å². The summed E-state index contributed by atoms with van der Waals surface area (Å²) in [5, 5.41) is 10.8. The molecular formula is C33H32N4O3. The Kier molecular flexibility index (Phi) is 7.81.